The van der Waals surface area contributed by atoms with Gasteiger partial charge in [-0.2, -0.15) is 0 Å². The predicted molar refractivity (Wildman–Crippen MR) is 125 cm³/mol. The Kier molecular flexibility index (Phi) is 7.82. The van der Waals surface area contributed by atoms with E-state index in [9.17, 15) is 17.6 Å². The van der Waals surface area contributed by atoms with Crippen molar-refractivity contribution in [2.75, 3.05) is 46.4 Å². The van der Waals surface area contributed by atoms with Gasteiger partial charge in [0.2, 0.25) is 10.0 Å². The van der Waals surface area contributed by atoms with E-state index in [0.29, 0.717) is 44.9 Å². The van der Waals surface area contributed by atoms with Gasteiger partial charge < -0.3 is 14.4 Å². The van der Waals surface area contributed by atoms with Gasteiger partial charge in [-0.3, -0.25) is 9.69 Å². The molecule has 2 aromatic carbocycles. The predicted octanol–water partition coefficient (Wildman–Crippen LogP) is 2.25. The monoisotopic (exact) mass is 491 g/mol. The van der Waals surface area contributed by atoms with E-state index >= 15 is 0 Å². The summed E-state index contributed by atoms with van der Waals surface area (Å²) in [5.41, 5.74) is 1.30. The zero-order valence-electron chi connectivity index (χ0n) is 19.2. The third kappa shape index (κ3) is 5.93. The van der Waals surface area contributed by atoms with Gasteiger partial charge in [-0.1, -0.05) is 6.07 Å². The van der Waals surface area contributed by atoms with E-state index in [1.54, 1.807) is 23.1 Å². The molecule has 0 bridgehead atoms. The average Bonchev–Trinajstić information content (AvgIpc) is 3.37. The molecular weight excluding hydrogens is 461 g/mol. The molecule has 2 aromatic rings. The minimum Gasteiger partial charge on any atom is -0.494 e. The Bertz CT molecular complexity index is 1100. The summed E-state index contributed by atoms with van der Waals surface area (Å²) < 4.78 is 52.0. The number of sulfonamides is 1. The second kappa shape index (κ2) is 10.8. The molecule has 0 unspecified atom stereocenters. The van der Waals surface area contributed by atoms with Crippen molar-refractivity contribution in [2.45, 2.75) is 30.4 Å². The van der Waals surface area contributed by atoms with Crippen LogP contribution in [0.15, 0.2) is 47.4 Å². The number of piperazine rings is 1. The van der Waals surface area contributed by atoms with E-state index in [0.717, 1.165) is 18.4 Å². The maximum absolute atomic E-state index is 13.9. The fourth-order valence-corrected chi connectivity index (χ4v) is 5.29. The second-order valence-electron chi connectivity index (χ2n) is 8.55. The van der Waals surface area contributed by atoms with Crippen LogP contribution in [0.5, 0.6) is 5.75 Å². The largest absolute Gasteiger partial charge is 0.494 e. The molecule has 2 aliphatic heterocycles. The summed E-state index contributed by atoms with van der Waals surface area (Å²) in [5, 5.41) is 0. The molecular formula is C24H30FN3O5S. The van der Waals surface area contributed by atoms with Crippen molar-refractivity contribution in [3.63, 3.8) is 0 Å². The molecule has 4 rings (SSSR count). The Labute approximate surface area is 199 Å². The number of rotatable bonds is 8. The van der Waals surface area contributed by atoms with Crippen molar-refractivity contribution in [3.8, 4) is 5.75 Å². The van der Waals surface area contributed by atoms with E-state index < -0.39 is 10.0 Å². The van der Waals surface area contributed by atoms with Gasteiger partial charge in [0, 0.05) is 51.4 Å². The van der Waals surface area contributed by atoms with Gasteiger partial charge in [0.05, 0.1) is 18.1 Å². The molecule has 2 fully saturated rings. The average molecular weight is 492 g/mol. The molecule has 2 saturated heterocycles. The number of methoxy groups -OCH3 is 1. The number of halogens is 1. The lowest BCUT2D eigenvalue weighted by atomic mass is 10.1. The maximum atomic E-state index is 13.9. The number of nitrogens with zero attached hydrogens (tertiary/aromatic N) is 2. The summed E-state index contributed by atoms with van der Waals surface area (Å²) in [7, 11) is -2.22. The zero-order valence-corrected chi connectivity index (χ0v) is 20.0. The number of ether oxygens (including phenoxy) is 2. The first-order valence-electron chi connectivity index (χ1n) is 11.4. The highest BCUT2D eigenvalue weighted by Crippen LogP contribution is 2.20. The van der Waals surface area contributed by atoms with Crippen LogP contribution in [-0.2, 0) is 21.3 Å². The van der Waals surface area contributed by atoms with Crippen molar-refractivity contribution >= 4 is 15.9 Å². The standard InChI is InChI=1S/C24H30FN3O5S/c1-32-23-9-4-18(15-22(23)25)17-27-10-12-28(13-11-27)24(29)19-5-7-21(8-6-19)34(30,31)26-16-20-3-2-14-33-20/h4-9,15,20,26H,2-3,10-14,16-17H2,1H3/t20-/m0/s1. The molecule has 2 aliphatic rings. The summed E-state index contributed by atoms with van der Waals surface area (Å²) in [5.74, 6) is -0.302. The van der Waals surface area contributed by atoms with Gasteiger partial charge in [0.25, 0.3) is 5.91 Å². The minimum atomic E-state index is -3.66. The Balaban J connectivity index is 1.29. The topological polar surface area (TPSA) is 88.2 Å². The van der Waals surface area contributed by atoms with E-state index in [2.05, 4.69) is 9.62 Å². The summed E-state index contributed by atoms with van der Waals surface area (Å²) >= 11 is 0. The molecule has 0 spiro atoms. The SMILES string of the molecule is COc1ccc(CN2CCN(C(=O)c3ccc(S(=O)(=O)NC[C@@H]4CCCO4)cc3)CC2)cc1F. The third-order valence-corrected chi connectivity index (χ3v) is 7.66. The highest BCUT2D eigenvalue weighted by Gasteiger charge is 2.24. The van der Waals surface area contributed by atoms with Crippen LogP contribution in [0.1, 0.15) is 28.8 Å². The first-order chi connectivity index (χ1) is 16.4. The fraction of sp³-hybridized carbons (Fsp3) is 0.458. The number of benzene rings is 2. The van der Waals surface area contributed by atoms with Crippen LogP contribution in [0, 0.1) is 5.82 Å². The lowest BCUT2D eigenvalue weighted by Crippen LogP contribution is -2.48. The van der Waals surface area contributed by atoms with E-state index in [1.807, 2.05) is 6.07 Å². The summed E-state index contributed by atoms with van der Waals surface area (Å²) in [6, 6.07) is 10.9. The zero-order chi connectivity index (χ0) is 24.1. The van der Waals surface area contributed by atoms with E-state index in [4.69, 9.17) is 9.47 Å². The Morgan fingerprint density at radius 3 is 2.50 bits per heavy atom. The Hall–Kier alpha value is -2.53. The van der Waals surface area contributed by atoms with E-state index in [-0.39, 0.29) is 35.0 Å². The third-order valence-electron chi connectivity index (χ3n) is 6.22. The maximum Gasteiger partial charge on any atom is 0.253 e. The van der Waals surface area contributed by atoms with Crippen LogP contribution in [0.2, 0.25) is 0 Å². The first kappa shape index (κ1) is 24.6. The fourth-order valence-electron chi connectivity index (χ4n) is 4.23. The van der Waals surface area contributed by atoms with Gasteiger partial charge in [0.1, 0.15) is 0 Å². The molecule has 10 heteroatoms. The van der Waals surface area contributed by atoms with Crippen LogP contribution >= 0.6 is 0 Å². The smallest absolute Gasteiger partial charge is 0.253 e. The van der Waals surface area contributed by atoms with Crippen LogP contribution in [0.4, 0.5) is 4.39 Å². The van der Waals surface area contributed by atoms with Gasteiger partial charge >= 0.3 is 0 Å². The van der Waals surface area contributed by atoms with Crippen LogP contribution in [0.3, 0.4) is 0 Å². The molecule has 34 heavy (non-hydrogen) atoms. The Morgan fingerprint density at radius 1 is 1.15 bits per heavy atom. The lowest BCUT2D eigenvalue weighted by Gasteiger charge is -2.34. The number of amides is 1. The van der Waals surface area contributed by atoms with Gasteiger partial charge in [-0.05, 0) is 54.8 Å². The van der Waals surface area contributed by atoms with Crippen molar-refractivity contribution in [1.82, 2.24) is 14.5 Å². The number of hydrogen-bond donors (Lipinski definition) is 1. The van der Waals surface area contributed by atoms with Crippen molar-refractivity contribution in [2.24, 2.45) is 0 Å². The summed E-state index contributed by atoms with van der Waals surface area (Å²) in [4.78, 5) is 16.9. The minimum absolute atomic E-state index is 0.0852. The quantitative estimate of drug-likeness (QED) is 0.610. The number of nitrogens with one attached hydrogen (secondary N) is 1. The normalized spacial score (nSPS) is 19.4. The second-order valence-corrected chi connectivity index (χ2v) is 10.3. The highest BCUT2D eigenvalue weighted by molar-refractivity contribution is 7.89. The van der Waals surface area contributed by atoms with Crippen molar-refractivity contribution in [3.05, 3.63) is 59.4 Å². The highest BCUT2D eigenvalue weighted by atomic mass is 32.2. The molecule has 8 nitrogen and oxygen atoms in total. The first-order valence-corrected chi connectivity index (χ1v) is 12.9. The number of carbonyl (C=O) groups is 1. The summed E-state index contributed by atoms with van der Waals surface area (Å²) in [6.45, 7) is 3.92. The molecule has 1 N–H and O–H groups in total. The van der Waals surface area contributed by atoms with Gasteiger partial charge in [-0.25, -0.2) is 17.5 Å². The molecule has 0 aromatic heterocycles. The van der Waals surface area contributed by atoms with Crippen LogP contribution in [0.25, 0.3) is 0 Å². The van der Waals surface area contributed by atoms with Crippen molar-refractivity contribution < 1.29 is 27.1 Å². The lowest BCUT2D eigenvalue weighted by molar-refractivity contribution is 0.0628. The number of hydrogen-bond acceptors (Lipinski definition) is 6. The van der Waals surface area contributed by atoms with Crippen LogP contribution < -0.4 is 9.46 Å². The van der Waals surface area contributed by atoms with Gasteiger partial charge in [0.15, 0.2) is 11.6 Å². The molecule has 0 aliphatic carbocycles. The Morgan fingerprint density at radius 2 is 1.88 bits per heavy atom. The molecule has 0 saturated carbocycles. The van der Waals surface area contributed by atoms with Crippen molar-refractivity contribution in [1.29, 1.82) is 0 Å². The molecule has 0 radical (unpaired) electrons. The molecule has 184 valence electrons. The summed E-state index contributed by atoms with van der Waals surface area (Å²) in [6.07, 6.45) is 1.70. The molecule has 1 atom stereocenters. The molecule has 1 amide bonds. The van der Waals surface area contributed by atoms with Gasteiger partial charge in [-0.15, -0.1) is 0 Å². The molecule has 2 heterocycles. The van der Waals surface area contributed by atoms with E-state index in [1.165, 1.54) is 25.3 Å². The number of carbonyl (C=O) groups excluding carboxylic acids is 1. The van der Waals surface area contributed by atoms with Crippen LogP contribution in [-0.4, -0.2) is 76.7 Å².